The normalized spacial score (nSPS) is 10.8. The summed E-state index contributed by atoms with van der Waals surface area (Å²) in [5.41, 5.74) is 4.17. The van der Waals surface area contributed by atoms with Crippen LogP contribution in [0, 0.1) is 0 Å². The molecule has 2 N–H and O–H groups in total. The number of rotatable bonds is 5. The van der Waals surface area contributed by atoms with E-state index in [2.05, 4.69) is 10.5 Å². The van der Waals surface area contributed by atoms with E-state index in [0.29, 0.717) is 22.9 Å². The van der Waals surface area contributed by atoms with Gasteiger partial charge >= 0.3 is 0 Å². The van der Waals surface area contributed by atoms with Crippen LogP contribution in [0.25, 0.3) is 0 Å². The Morgan fingerprint density at radius 2 is 1.86 bits per heavy atom. The van der Waals surface area contributed by atoms with E-state index in [1.807, 2.05) is 0 Å². The van der Waals surface area contributed by atoms with Crippen molar-refractivity contribution in [3.05, 3.63) is 63.6 Å². The van der Waals surface area contributed by atoms with Gasteiger partial charge < -0.3 is 5.11 Å². The molecule has 0 saturated carbocycles. The predicted molar refractivity (Wildman–Crippen MR) is 88.6 cm³/mol. The molecule has 4 nitrogen and oxygen atoms in total. The first kappa shape index (κ1) is 16.3. The Bertz CT molecular complexity index is 685. The van der Waals surface area contributed by atoms with Crippen molar-refractivity contribution in [2.24, 2.45) is 5.10 Å². The van der Waals surface area contributed by atoms with Gasteiger partial charge in [0.25, 0.3) is 0 Å². The lowest BCUT2D eigenvalue weighted by molar-refractivity contribution is -0.121. The van der Waals surface area contributed by atoms with Crippen LogP contribution >= 0.6 is 23.2 Å². The van der Waals surface area contributed by atoms with Gasteiger partial charge in [-0.3, -0.25) is 4.79 Å². The molecule has 0 aliphatic carbocycles. The van der Waals surface area contributed by atoms with Gasteiger partial charge in [-0.05, 0) is 41.8 Å². The molecule has 0 bridgehead atoms. The van der Waals surface area contributed by atoms with E-state index < -0.39 is 0 Å². The summed E-state index contributed by atoms with van der Waals surface area (Å²) < 4.78 is 0. The zero-order valence-corrected chi connectivity index (χ0v) is 13.1. The fraction of sp³-hybridized carbons (Fsp3) is 0.125. The van der Waals surface area contributed by atoms with Crippen LogP contribution in [0.15, 0.2) is 47.6 Å². The summed E-state index contributed by atoms with van der Waals surface area (Å²) in [6.07, 6.45) is 2.39. The van der Waals surface area contributed by atoms with Gasteiger partial charge in [-0.25, -0.2) is 5.43 Å². The molecule has 0 fully saturated rings. The average molecular weight is 337 g/mol. The molecule has 0 aliphatic heterocycles. The van der Waals surface area contributed by atoms with E-state index in [4.69, 9.17) is 23.2 Å². The molecule has 6 heteroatoms. The summed E-state index contributed by atoms with van der Waals surface area (Å²) in [7, 11) is 0. The smallest absolute Gasteiger partial charge is 0.240 e. The highest BCUT2D eigenvalue weighted by atomic mass is 35.5. The minimum atomic E-state index is -0.190. The van der Waals surface area contributed by atoms with Crippen molar-refractivity contribution in [1.29, 1.82) is 0 Å². The number of phenols is 1. The molecule has 0 spiro atoms. The SMILES string of the molecule is O=C(CCc1ccc(O)cc1)NN=Cc1ccc(Cl)c(Cl)c1. The van der Waals surface area contributed by atoms with Crippen molar-refractivity contribution in [2.45, 2.75) is 12.8 Å². The number of hydrogen-bond acceptors (Lipinski definition) is 3. The second-order valence-electron chi connectivity index (χ2n) is 4.63. The van der Waals surface area contributed by atoms with Crippen molar-refractivity contribution in [2.75, 3.05) is 0 Å². The van der Waals surface area contributed by atoms with Crippen LogP contribution in [0.3, 0.4) is 0 Å². The van der Waals surface area contributed by atoms with Gasteiger partial charge in [0, 0.05) is 6.42 Å². The van der Waals surface area contributed by atoms with Gasteiger partial charge in [0.2, 0.25) is 5.91 Å². The molecule has 0 heterocycles. The lowest BCUT2D eigenvalue weighted by atomic mass is 10.1. The van der Waals surface area contributed by atoms with Gasteiger partial charge in [0.15, 0.2) is 0 Å². The zero-order valence-electron chi connectivity index (χ0n) is 11.6. The molecule has 0 unspecified atom stereocenters. The first-order valence-corrected chi connectivity index (χ1v) is 7.35. The third-order valence-electron chi connectivity index (χ3n) is 2.92. The van der Waals surface area contributed by atoms with Gasteiger partial charge in [0.1, 0.15) is 5.75 Å². The summed E-state index contributed by atoms with van der Waals surface area (Å²) in [6, 6.07) is 11.8. The molecule has 0 aromatic heterocycles. The largest absolute Gasteiger partial charge is 0.508 e. The number of aromatic hydroxyl groups is 1. The van der Waals surface area contributed by atoms with Crippen LogP contribution in [-0.4, -0.2) is 17.2 Å². The van der Waals surface area contributed by atoms with Crippen LogP contribution < -0.4 is 5.43 Å². The second-order valence-corrected chi connectivity index (χ2v) is 5.45. The van der Waals surface area contributed by atoms with Crippen LogP contribution in [0.5, 0.6) is 5.75 Å². The highest BCUT2D eigenvalue weighted by molar-refractivity contribution is 6.42. The number of carbonyl (C=O) groups excluding carboxylic acids is 1. The number of hydrogen-bond donors (Lipinski definition) is 2. The van der Waals surface area contributed by atoms with E-state index in [9.17, 15) is 9.90 Å². The maximum absolute atomic E-state index is 11.7. The summed E-state index contributed by atoms with van der Waals surface area (Å²) in [4.78, 5) is 11.7. The first-order valence-electron chi connectivity index (χ1n) is 6.59. The van der Waals surface area contributed by atoms with Gasteiger partial charge in [-0.15, -0.1) is 0 Å². The minimum Gasteiger partial charge on any atom is -0.508 e. The Balaban J connectivity index is 1.80. The third-order valence-corrected chi connectivity index (χ3v) is 3.66. The van der Waals surface area contributed by atoms with Gasteiger partial charge in [0.05, 0.1) is 16.3 Å². The Labute approximate surface area is 138 Å². The fourth-order valence-electron chi connectivity index (χ4n) is 1.75. The van der Waals surface area contributed by atoms with E-state index in [1.54, 1.807) is 42.5 Å². The molecule has 2 rings (SSSR count). The number of nitrogens with zero attached hydrogens (tertiary/aromatic N) is 1. The fourth-order valence-corrected chi connectivity index (χ4v) is 2.05. The Morgan fingerprint density at radius 3 is 2.55 bits per heavy atom. The van der Waals surface area contributed by atoms with E-state index in [1.165, 1.54) is 6.21 Å². The van der Waals surface area contributed by atoms with Crippen molar-refractivity contribution in [3.8, 4) is 5.75 Å². The van der Waals surface area contributed by atoms with Crippen LogP contribution in [0.4, 0.5) is 0 Å². The van der Waals surface area contributed by atoms with Crippen molar-refractivity contribution in [1.82, 2.24) is 5.43 Å². The molecule has 22 heavy (non-hydrogen) atoms. The van der Waals surface area contributed by atoms with Crippen LogP contribution in [0.1, 0.15) is 17.5 Å². The lowest BCUT2D eigenvalue weighted by Crippen LogP contribution is -2.17. The highest BCUT2D eigenvalue weighted by Gasteiger charge is 2.01. The molecule has 1 amide bonds. The Morgan fingerprint density at radius 1 is 1.14 bits per heavy atom. The number of halogens is 2. The predicted octanol–water partition coefficient (Wildman–Crippen LogP) is 3.78. The molecule has 114 valence electrons. The number of carbonyl (C=O) groups is 1. The minimum absolute atomic E-state index is 0.190. The van der Waals surface area contributed by atoms with E-state index in [-0.39, 0.29) is 11.7 Å². The molecule has 0 aliphatic rings. The van der Waals surface area contributed by atoms with Gasteiger partial charge in [-0.2, -0.15) is 5.10 Å². The summed E-state index contributed by atoms with van der Waals surface area (Å²) >= 11 is 11.7. The summed E-state index contributed by atoms with van der Waals surface area (Å²) in [6.45, 7) is 0. The number of amides is 1. The maximum Gasteiger partial charge on any atom is 0.240 e. The third kappa shape index (κ3) is 5.06. The van der Waals surface area contributed by atoms with Crippen LogP contribution in [0.2, 0.25) is 10.0 Å². The Kier molecular flexibility index (Phi) is 5.81. The Hall–Kier alpha value is -2.04. The zero-order chi connectivity index (χ0) is 15.9. The monoisotopic (exact) mass is 336 g/mol. The van der Waals surface area contributed by atoms with Gasteiger partial charge in [-0.1, -0.05) is 41.4 Å². The number of aryl methyl sites for hydroxylation is 1. The maximum atomic E-state index is 11.7. The number of hydrazone groups is 1. The average Bonchev–Trinajstić information content (AvgIpc) is 2.50. The molecular weight excluding hydrogens is 323 g/mol. The van der Waals surface area contributed by atoms with Crippen molar-refractivity contribution in [3.63, 3.8) is 0 Å². The summed E-state index contributed by atoms with van der Waals surface area (Å²) in [5.74, 6) is 0.0174. The standard InChI is InChI=1S/C16H14Cl2N2O2/c17-14-7-3-12(9-15(14)18)10-19-20-16(22)8-4-11-1-5-13(21)6-2-11/h1-3,5-7,9-10,21H,4,8H2,(H,20,22). The van der Waals surface area contributed by atoms with Crippen molar-refractivity contribution >= 4 is 35.3 Å². The first-order chi connectivity index (χ1) is 10.5. The van der Waals surface area contributed by atoms with E-state index in [0.717, 1.165) is 11.1 Å². The van der Waals surface area contributed by atoms with Crippen molar-refractivity contribution < 1.29 is 9.90 Å². The lowest BCUT2D eigenvalue weighted by Gasteiger charge is -2.01. The quantitative estimate of drug-likeness (QED) is 0.644. The molecule has 0 radical (unpaired) electrons. The molecule has 2 aromatic rings. The summed E-state index contributed by atoms with van der Waals surface area (Å²) in [5, 5.41) is 14.0. The molecule has 2 aromatic carbocycles. The number of phenolic OH excluding ortho intramolecular Hbond substituents is 1. The molecule has 0 saturated heterocycles. The molecular formula is C16H14Cl2N2O2. The number of benzene rings is 2. The second kappa shape index (κ2) is 7.82. The molecule has 0 atom stereocenters. The topological polar surface area (TPSA) is 61.7 Å². The van der Waals surface area contributed by atoms with Crippen LogP contribution in [-0.2, 0) is 11.2 Å². The highest BCUT2D eigenvalue weighted by Crippen LogP contribution is 2.21. The number of nitrogens with one attached hydrogen (secondary N) is 1. The van der Waals surface area contributed by atoms with E-state index >= 15 is 0 Å².